The number of para-hydroxylation sites is 1. The molecule has 0 fully saturated rings. The molecule has 0 aromatic heterocycles. The number of aryl methyl sites for hydroxylation is 1. The van der Waals surface area contributed by atoms with Crippen molar-refractivity contribution in [1.82, 2.24) is 0 Å². The monoisotopic (exact) mass is 388 g/mol. The van der Waals surface area contributed by atoms with Crippen LogP contribution in [0.4, 0.5) is 11.4 Å². The van der Waals surface area contributed by atoms with Crippen LogP contribution in [-0.4, -0.2) is 17.9 Å². The summed E-state index contributed by atoms with van der Waals surface area (Å²) in [6.45, 7) is 5.66. The number of carbonyl (C=O) groups is 2. The molecule has 0 spiro atoms. The first-order valence-corrected chi connectivity index (χ1v) is 9.44. The molecule has 148 valence electrons. The molecule has 0 radical (unpaired) electrons. The average molecular weight is 388 g/mol. The second kappa shape index (κ2) is 9.06. The summed E-state index contributed by atoms with van der Waals surface area (Å²) in [5, 5.41) is 5.73. The third-order valence-electron chi connectivity index (χ3n) is 4.69. The first-order valence-electron chi connectivity index (χ1n) is 9.44. The zero-order valence-electron chi connectivity index (χ0n) is 16.7. The second-order valence-electron chi connectivity index (χ2n) is 6.84. The van der Waals surface area contributed by atoms with Crippen LogP contribution in [0, 0.1) is 13.8 Å². The highest BCUT2D eigenvalue weighted by molar-refractivity contribution is 6.04. The zero-order chi connectivity index (χ0) is 20.8. The van der Waals surface area contributed by atoms with Crippen molar-refractivity contribution in [2.45, 2.75) is 26.9 Å². The molecule has 0 bridgehead atoms. The number of nitrogens with one attached hydrogen (secondary N) is 2. The molecule has 0 saturated heterocycles. The average Bonchev–Trinajstić information content (AvgIpc) is 2.72. The lowest BCUT2D eigenvalue weighted by molar-refractivity contribution is -0.122. The fraction of sp³-hybridized carbons (Fsp3) is 0.167. The van der Waals surface area contributed by atoms with Gasteiger partial charge in [-0.2, -0.15) is 0 Å². The van der Waals surface area contributed by atoms with E-state index in [1.165, 1.54) is 0 Å². The molecule has 0 heterocycles. The maximum Gasteiger partial charge on any atom is 0.265 e. The molecule has 3 aromatic carbocycles. The molecular weight excluding hydrogens is 364 g/mol. The summed E-state index contributed by atoms with van der Waals surface area (Å²) < 4.78 is 5.69. The number of ether oxygens (including phenoxy) is 1. The molecule has 2 amide bonds. The van der Waals surface area contributed by atoms with Gasteiger partial charge in [0, 0.05) is 16.9 Å². The van der Waals surface area contributed by atoms with Crippen molar-refractivity contribution in [3.8, 4) is 5.75 Å². The number of amides is 2. The van der Waals surface area contributed by atoms with Crippen molar-refractivity contribution in [1.29, 1.82) is 0 Å². The minimum atomic E-state index is -0.676. The van der Waals surface area contributed by atoms with Gasteiger partial charge in [-0.25, -0.2) is 0 Å². The zero-order valence-corrected chi connectivity index (χ0v) is 16.7. The van der Waals surface area contributed by atoms with Crippen LogP contribution in [0.5, 0.6) is 5.75 Å². The van der Waals surface area contributed by atoms with Gasteiger partial charge in [0.25, 0.3) is 11.8 Å². The molecule has 0 aliphatic rings. The summed E-state index contributed by atoms with van der Waals surface area (Å²) >= 11 is 0. The molecule has 0 saturated carbocycles. The molecule has 3 rings (SSSR count). The van der Waals surface area contributed by atoms with E-state index < -0.39 is 6.10 Å². The van der Waals surface area contributed by atoms with Crippen LogP contribution in [0.25, 0.3) is 0 Å². The Labute approximate surface area is 170 Å². The van der Waals surface area contributed by atoms with Crippen LogP contribution in [0.1, 0.15) is 28.4 Å². The largest absolute Gasteiger partial charge is 0.481 e. The lowest BCUT2D eigenvalue weighted by atomic mass is 10.1. The molecule has 5 nitrogen and oxygen atoms in total. The van der Waals surface area contributed by atoms with Gasteiger partial charge in [0.1, 0.15) is 5.75 Å². The van der Waals surface area contributed by atoms with Crippen molar-refractivity contribution in [3.63, 3.8) is 0 Å². The normalized spacial score (nSPS) is 11.4. The van der Waals surface area contributed by atoms with Gasteiger partial charge in [0.15, 0.2) is 6.10 Å². The Bertz CT molecular complexity index is 998. The number of hydrogen-bond acceptors (Lipinski definition) is 3. The summed E-state index contributed by atoms with van der Waals surface area (Å²) in [7, 11) is 0. The first kappa shape index (κ1) is 20.1. The molecule has 2 N–H and O–H groups in total. The van der Waals surface area contributed by atoms with Crippen LogP contribution in [-0.2, 0) is 4.79 Å². The minimum Gasteiger partial charge on any atom is -0.481 e. The van der Waals surface area contributed by atoms with Crippen LogP contribution in [0.15, 0.2) is 72.8 Å². The summed E-state index contributed by atoms with van der Waals surface area (Å²) in [6.07, 6.45) is -0.676. The molecule has 0 aliphatic carbocycles. The summed E-state index contributed by atoms with van der Waals surface area (Å²) in [4.78, 5) is 24.8. The number of benzene rings is 3. The van der Waals surface area contributed by atoms with Crippen LogP contribution < -0.4 is 15.4 Å². The Balaban J connectivity index is 1.60. The standard InChI is InChI=1S/C24H24N2O3/c1-16-8-7-11-22(17(16)2)26-24(28)19-12-14-21(15-13-19)29-18(3)23(27)25-20-9-5-4-6-10-20/h4-15,18H,1-3H3,(H,25,27)(H,26,28)/t18-/m0/s1. The lowest BCUT2D eigenvalue weighted by Crippen LogP contribution is -2.30. The SMILES string of the molecule is Cc1cccc(NC(=O)c2ccc(O[C@@H](C)C(=O)Nc3ccccc3)cc2)c1C. The second-order valence-corrected chi connectivity index (χ2v) is 6.84. The van der Waals surface area contributed by atoms with E-state index in [-0.39, 0.29) is 11.8 Å². The number of anilines is 2. The van der Waals surface area contributed by atoms with E-state index in [0.717, 1.165) is 16.8 Å². The fourth-order valence-corrected chi connectivity index (χ4v) is 2.79. The molecule has 1 atom stereocenters. The first-order chi connectivity index (χ1) is 13.9. The predicted octanol–water partition coefficient (Wildman–Crippen LogP) is 4.96. The third kappa shape index (κ3) is 5.23. The van der Waals surface area contributed by atoms with Crippen molar-refractivity contribution in [2.24, 2.45) is 0 Å². The summed E-state index contributed by atoms with van der Waals surface area (Å²) in [6, 6.07) is 21.7. The molecule has 5 heteroatoms. The highest BCUT2D eigenvalue weighted by atomic mass is 16.5. The van der Waals surface area contributed by atoms with Crippen molar-refractivity contribution in [3.05, 3.63) is 89.5 Å². The maximum atomic E-state index is 12.5. The van der Waals surface area contributed by atoms with Crippen molar-refractivity contribution >= 4 is 23.2 Å². The van der Waals surface area contributed by atoms with Crippen LogP contribution in [0.3, 0.4) is 0 Å². The highest BCUT2D eigenvalue weighted by Crippen LogP contribution is 2.20. The van der Waals surface area contributed by atoms with E-state index in [0.29, 0.717) is 17.0 Å². The Morgan fingerprint density at radius 3 is 2.21 bits per heavy atom. The van der Waals surface area contributed by atoms with Gasteiger partial charge in [-0.05, 0) is 74.4 Å². The fourth-order valence-electron chi connectivity index (χ4n) is 2.79. The van der Waals surface area contributed by atoms with Gasteiger partial charge in [-0.3, -0.25) is 9.59 Å². The van der Waals surface area contributed by atoms with Crippen LogP contribution in [0.2, 0.25) is 0 Å². The Morgan fingerprint density at radius 1 is 0.828 bits per heavy atom. The molecule has 3 aromatic rings. The van der Waals surface area contributed by atoms with E-state index in [2.05, 4.69) is 10.6 Å². The topological polar surface area (TPSA) is 67.4 Å². The van der Waals surface area contributed by atoms with Gasteiger partial charge >= 0.3 is 0 Å². The maximum absolute atomic E-state index is 12.5. The van der Waals surface area contributed by atoms with Gasteiger partial charge < -0.3 is 15.4 Å². The summed E-state index contributed by atoms with van der Waals surface area (Å²) in [5.41, 5.74) is 4.18. The Morgan fingerprint density at radius 2 is 1.52 bits per heavy atom. The van der Waals surface area contributed by atoms with E-state index in [4.69, 9.17) is 4.74 Å². The van der Waals surface area contributed by atoms with Crippen LogP contribution >= 0.6 is 0 Å². The number of rotatable bonds is 6. The van der Waals surface area contributed by atoms with E-state index in [1.54, 1.807) is 31.2 Å². The quantitative estimate of drug-likeness (QED) is 0.627. The van der Waals surface area contributed by atoms with Gasteiger partial charge in [0.2, 0.25) is 0 Å². The highest BCUT2D eigenvalue weighted by Gasteiger charge is 2.15. The van der Waals surface area contributed by atoms with Gasteiger partial charge in [-0.15, -0.1) is 0 Å². The lowest BCUT2D eigenvalue weighted by Gasteiger charge is -2.15. The summed E-state index contributed by atoms with van der Waals surface area (Å²) in [5.74, 6) is 0.0806. The third-order valence-corrected chi connectivity index (χ3v) is 4.69. The Kier molecular flexibility index (Phi) is 6.29. The van der Waals surface area contributed by atoms with E-state index in [9.17, 15) is 9.59 Å². The van der Waals surface area contributed by atoms with Gasteiger partial charge in [0.05, 0.1) is 0 Å². The Hall–Kier alpha value is -3.60. The molecule has 0 unspecified atom stereocenters. The molecule has 29 heavy (non-hydrogen) atoms. The van der Waals surface area contributed by atoms with E-state index >= 15 is 0 Å². The van der Waals surface area contributed by atoms with E-state index in [1.807, 2.05) is 62.4 Å². The predicted molar refractivity (Wildman–Crippen MR) is 115 cm³/mol. The van der Waals surface area contributed by atoms with Crippen molar-refractivity contribution in [2.75, 3.05) is 10.6 Å². The van der Waals surface area contributed by atoms with Gasteiger partial charge in [-0.1, -0.05) is 30.3 Å². The smallest absolute Gasteiger partial charge is 0.265 e. The molecular formula is C24H24N2O3. The number of carbonyl (C=O) groups excluding carboxylic acids is 2. The molecule has 0 aliphatic heterocycles. The number of hydrogen-bond donors (Lipinski definition) is 2. The van der Waals surface area contributed by atoms with Crippen molar-refractivity contribution < 1.29 is 14.3 Å². The minimum absolute atomic E-state index is 0.194.